The second-order valence-corrected chi connectivity index (χ2v) is 11.9. The maximum atomic E-state index is 2.38. The van der Waals surface area contributed by atoms with E-state index in [4.69, 9.17) is 0 Å². The fourth-order valence-electron chi connectivity index (χ4n) is 3.56. The Balaban J connectivity index is 0. The van der Waals surface area contributed by atoms with Crippen molar-refractivity contribution >= 4 is 7.26 Å². The van der Waals surface area contributed by atoms with Gasteiger partial charge in [0.05, 0.1) is 24.6 Å². The summed E-state index contributed by atoms with van der Waals surface area (Å²) in [4.78, 5) is 0. The van der Waals surface area contributed by atoms with Gasteiger partial charge in [-0.25, -0.2) is 0 Å². The topological polar surface area (TPSA) is 0 Å². The molecule has 0 saturated heterocycles. The number of hydrogen-bond acceptors (Lipinski definition) is 0. The second-order valence-electron chi connectivity index (χ2n) is 7.42. The smallest absolute Gasteiger partial charge is 0.0594 e. The van der Waals surface area contributed by atoms with Gasteiger partial charge in [0.25, 0.3) is 0 Å². The highest BCUT2D eigenvalue weighted by Crippen LogP contribution is 2.61. The molecule has 0 aliphatic rings. The number of hydrogen-bond donors (Lipinski definition) is 0. The first kappa shape index (κ1) is 26.0. The maximum Gasteiger partial charge on any atom is 0.0594 e. The van der Waals surface area contributed by atoms with Gasteiger partial charge >= 0.3 is 0 Å². The van der Waals surface area contributed by atoms with Crippen molar-refractivity contribution in [3.8, 4) is 0 Å². The van der Waals surface area contributed by atoms with Crippen LogP contribution in [0, 0.1) is 0 Å². The summed E-state index contributed by atoms with van der Waals surface area (Å²) >= 11 is 0. The fourth-order valence-corrected chi connectivity index (χ4v) is 8.75. The highest BCUT2D eigenvalue weighted by molar-refractivity contribution is 7.75. The Hall–Kier alpha value is 0.720. The Morgan fingerprint density at radius 3 is 1.09 bits per heavy atom. The summed E-state index contributed by atoms with van der Waals surface area (Å²) in [6.07, 6.45) is 25.5. The number of rotatable bonds is 17. The minimum Gasteiger partial charge on any atom is -1.00 e. The molecule has 0 atom stereocenters. The predicted molar refractivity (Wildman–Crippen MR) is 109 cm³/mol. The van der Waals surface area contributed by atoms with Gasteiger partial charge in [0.1, 0.15) is 0 Å². The van der Waals surface area contributed by atoms with Gasteiger partial charge in [-0.2, -0.15) is 0 Å². The fraction of sp³-hybridized carbons (Fsp3) is 1.00. The van der Waals surface area contributed by atoms with Gasteiger partial charge in [0, 0.05) is 7.26 Å². The van der Waals surface area contributed by atoms with Gasteiger partial charge in [-0.15, -0.1) is 0 Å². The van der Waals surface area contributed by atoms with E-state index in [2.05, 4.69) is 27.7 Å². The molecule has 0 saturated carbocycles. The minimum absolute atomic E-state index is 0. The van der Waals surface area contributed by atoms with Crippen LogP contribution in [0.1, 0.15) is 111 Å². The monoisotopic (exact) mass is 364 g/mol. The summed E-state index contributed by atoms with van der Waals surface area (Å²) in [6.45, 7) is 9.44. The number of unbranched alkanes of at least 4 members (excludes halogenated alkanes) is 9. The summed E-state index contributed by atoms with van der Waals surface area (Å²) in [5.41, 5.74) is 0. The molecule has 0 unspecified atom stereocenters. The van der Waals surface area contributed by atoms with Crippen molar-refractivity contribution in [3.05, 3.63) is 0 Å². The molecular weight excluding hydrogens is 319 g/mol. The average Bonchev–Trinajstić information content (AvgIpc) is 2.55. The van der Waals surface area contributed by atoms with E-state index in [-0.39, 0.29) is 12.4 Å². The third-order valence-corrected chi connectivity index (χ3v) is 10.3. The lowest BCUT2D eigenvalue weighted by atomic mass is 10.1. The molecule has 0 nitrogen and oxygen atoms in total. The van der Waals surface area contributed by atoms with Gasteiger partial charge in [0.15, 0.2) is 0 Å². The first-order valence-corrected chi connectivity index (χ1v) is 13.1. The van der Waals surface area contributed by atoms with Crippen LogP contribution in [0.5, 0.6) is 0 Å². The van der Waals surface area contributed by atoms with Gasteiger partial charge in [-0.3, -0.25) is 0 Å². The van der Waals surface area contributed by atoms with Gasteiger partial charge in [0.2, 0.25) is 0 Å². The highest BCUT2D eigenvalue weighted by atomic mass is 35.5. The molecule has 0 aromatic rings. The lowest BCUT2D eigenvalue weighted by Crippen LogP contribution is -3.00. The van der Waals surface area contributed by atoms with Crippen LogP contribution in [-0.2, 0) is 0 Å². The predicted octanol–water partition coefficient (Wildman–Crippen LogP) is 5.16. The molecule has 23 heavy (non-hydrogen) atoms. The molecule has 0 aromatic heterocycles. The Bertz CT molecular complexity index is 196. The molecule has 0 radical (unpaired) electrons. The Labute approximate surface area is 155 Å². The van der Waals surface area contributed by atoms with Crippen molar-refractivity contribution in [2.45, 2.75) is 111 Å². The summed E-state index contributed by atoms with van der Waals surface area (Å²) in [7, 11) is -0.607. The molecule has 2 heteroatoms. The molecule has 0 aliphatic carbocycles. The van der Waals surface area contributed by atoms with E-state index in [0.29, 0.717) is 0 Å². The summed E-state index contributed by atoms with van der Waals surface area (Å²) in [5, 5.41) is 0. The maximum absolute atomic E-state index is 2.38. The van der Waals surface area contributed by atoms with Crippen LogP contribution >= 0.6 is 7.26 Å². The number of halogens is 1. The van der Waals surface area contributed by atoms with E-state index in [0.717, 1.165) is 0 Å². The highest BCUT2D eigenvalue weighted by Gasteiger charge is 2.34. The Kier molecular flexibility index (Phi) is 21.5. The van der Waals surface area contributed by atoms with E-state index in [1.54, 1.807) is 24.6 Å². The molecule has 0 N–H and O–H groups in total. The molecule has 142 valence electrons. The first-order chi connectivity index (χ1) is 10.7. The molecule has 0 spiro atoms. The second kappa shape index (κ2) is 19.1. The van der Waals surface area contributed by atoms with Crippen LogP contribution in [0.4, 0.5) is 0 Å². The van der Waals surface area contributed by atoms with Gasteiger partial charge in [-0.1, -0.05) is 79.1 Å². The summed E-state index contributed by atoms with van der Waals surface area (Å²) in [6, 6.07) is 0. The van der Waals surface area contributed by atoms with E-state index < -0.39 is 7.26 Å². The average molecular weight is 365 g/mol. The van der Waals surface area contributed by atoms with Gasteiger partial charge < -0.3 is 12.4 Å². The van der Waals surface area contributed by atoms with Crippen molar-refractivity contribution in [2.75, 3.05) is 24.6 Å². The molecule has 0 aliphatic heterocycles. The standard InChI is InChI=1S/C21H46P.ClH/c1-5-9-13-14-15-16-17-21-22(18-10-6-2,19-11-7-3)20-12-8-4;/h5-21H2,1-4H3;1H/q+1;/p-1. The summed E-state index contributed by atoms with van der Waals surface area (Å²) < 4.78 is 0. The summed E-state index contributed by atoms with van der Waals surface area (Å²) in [5.74, 6) is 0. The molecule has 0 amide bonds. The van der Waals surface area contributed by atoms with Crippen molar-refractivity contribution in [1.82, 2.24) is 0 Å². The van der Waals surface area contributed by atoms with E-state index >= 15 is 0 Å². The van der Waals surface area contributed by atoms with Crippen molar-refractivity contribution < 1.29 is 12.4 Å². The van der Waals surface area contributed by atoms with Crippen LogP contribution < -0.4 is 12.4 Å². The normalized spacial score (nSPS) is 11.5. The lowest BCUT2D eigenvalue weighted by molar-refractivity contribution is -0.00000513. The van der Waals surface area contributed by atoms with E-state index in [1.165, 1.54) is 83.5 Å². The van der Waals surface area contributed by atoms with Crippen molar-refractivity contribution in [2.24, 2.45) is 0 Å². The molecular formula is C21H46ClP. The van der Waals surface area contributed by atoms with E-state index in [1.807, 2.05) is 0 Å². The van der Waals surface area contributed by atoms with Crippen LogP contribution in [0.3, 0.4) is 0 Å². The van der Waals surface area contributed by atoms with Crippen LogP contribution in [0.25, 0.3) is 0 Å². The van der Waals surface area contributed by atoms with Gasteiger partial charge in [-0.05, 0) is 32.1 Å². The zero-order chi connectivity index (χ0) is 16.5. The Morgan fingerprint density at radius 2 is 0.696 bits per heavy atom. The van der Waals surface area contributed by atoms with Crippen molar-refractivity contribution in [3.63, 3.8) is 0 Å². The third-order valence-electron chi connectivity index (χ3n) is 5.19. The molecule has 0 heterocycles. The van der Waals surface area contributed by atoms with E-state index in [9.17, 15) is 0 Å². The lowest BCUT2D eigenvalue weighted by Gasteiger charge is -2.28. The van der Waals surface area contributed by atoms with Crippen LogP contribution in [0.15, 0.2) is 0 Å². The SMILES string of the molecule is CCCCCCCCC[P+](CCCC)(CCCC)CCCC.[Cl-]. The van der Waals surface area contributed by atoms with Crippen LogP contribution in [-0.4, -0.2) is 24.6 Å². The molecule has 0 bridgehead atoms. The largest absolute Gasteiger partial charge is 1.00 e. The Morgan fingerprint density at radius 1 is 0.391 bits per heavy atom. The zero-order valence-corrected chi connectivity index (χ0v) is 18.5. The molecule has 0 aromatic carbocycles. The zero-order valence-electron chi connectivity index (χ0n) is 16.8. The third kappa shape index (κ3) is 14.7. The minimum atomic E-state index is -0.607. The molecule has 0 rings (SSSR count). The molecule has 0 fully saturated rings. The first-order valence-electron chi connectivity index (χ1n) is 10.6. The van der Waals surface area contributed by atoms with Crippen LogP contribution in [0.2, 0.25) is 0 Å². The quantitative estimate of drug-likeness (QED) is 0.247. The van der Waals surface area contributed by atoms with Crippen molar-refractivity contribution in [1.29, 1.82) is 0 Å².